The van der Waals surface area contributed by atoms with Crippen LogP contribution in [-0.4, -0.2) is 39.7 Å². The summed E-state index contributed by atoms with van der Waals surface area (Å²) >= 11 is 0. The fourth-order valence-electron chi connectivity index (χ4n) is 3.52. The normalized spacial score (nSPS) is 18.9. The Labute approximate surface area is 163 Å². The van der Waals surface area contributed by atoms with Gasteiger partial charge in [-0.2, -0.15) is 0 Å². The van der Waals surface area contributed by atoms with Crippen LogP contribution in [0, 0.1) is 17.3 Å². The number of pyridine rings is 1. The molecule has 4 rings (SSSR count). The number of likely N-dealkylation sites (tertiary alicyclic amines) is 1. The lowest BCUT2D eigenvalue weighted by atomic mass is 9.89. The number of primary amides is 1. The van der Waals surface area contributed by atoms with Crippen LogP contribution in [-0.2, 0) is 4.79 Å². The second-order valence-electron chi connectivity index (χ2n) is 7.24. The molecule has 0 spiro atoms. The summed E-state index contributed by atoms with van der Waals surface area (Å²) in [7, 11) is 1.80. The molecule has 0 aliphatic carbocycles. The fraction of sp³-hybridized carbons (Fsp3) is 0.227. The highest BCUT2D eigenvalue weighted by Gasteiger charge is 2.39. The van der Waals surface area contributed by atoms with Crippen molar-refractivity contribution in [2.45, 2.75) is 13.3 Å². The number of amides is 2. The van der Waals surface area contributed by atoms with Crippen molar-refractivity contribution in [1.29, 1.82) is 0 Å². The Kier molecular flexibility index (Phi) is 4.16. The Morgan fingerprint density at radius 1 is 1.25 bits per heavy atom. The maximum atomic E-state index is 12.3. The predicted octanol–water partition coefficient (Wildman–Crippen LogP) is 2.32. The van der Waals surface area contributed by atoms with Crippen LogP contribution >= 0.6 is 0 Å². The lowest BCUT2D eigenvalue weighted by Gasteiger charge is -2.14. The predicted molar refractivity (Wildman–Crippen MR) is 106 cm³/mol. The smallest absolute Gasteiger partial charge is 0.285 e. The fourth-order valence-corrected chi connectivity index (χ4v) is 3.52. The van der Waals surface area contributed by atoms with Gasteiger partial charge < -0.3 is 10.6 Å². The van der Waals surface area contributed by atoms with E-state index >= 15 is 0 Å². The van der Waals surface area contributed by atoms with Gasteiger partial charge >= 0.3 is 0 Å². The largest absolute Gasteiger partial charge is 0.363 e. The van der Waals surface area contributed by atoms with Gasteiger partial charge in [-0.1, -0.05) is 30.0 Å². The summed E-state index contributed by atoms with van der Waals surface area (Å²) in [6.45, 7) is 2.61. The lowest BCUT2D eigenvalue weighted by molar-refractivity contribution is -0.131. The van der Waals surface area contributed by atoms with Crippen LogP contribution in [0.25, 0.3) is 16.8 Å². The average molecular weight is 372 g/mol. The molecule has 1 atom stereocenters. The van der Waals surface area contributed by atoms with Gasteiger partial charge in [0.1, 0.15) is 5.41 Å². The highest BCUT2D eigenvalue weighted by Crippen LogP contribution is 2.30. The van der Waals surface area contributed by atoms with Gasteiger partial charge in [0.25, 0.3) is 5.91 Å². The molecule has 0 bridgehead atoms. The molecule has 28 heavy (non-hydrogen) atoms. The van der Waals surface area contributed by atoms with Crippen LogP contribution in [0.3, 0.4) is 0 Å². The van der Waals surface area contributed by atoms with Gasteiger partial charge in [0.15, 0.2) is 0 Å². The Morgan fingerprint density at radius 3 is 2.79 bits per heavy atom. The number of hydrogen-bond acceptors (Lipinski definition) is 3. The van der Waals surface area contributed by atoms with Crippen LogP contribution in [0.4, 0.5) is 0 Å². The van der Waals surface area contributed by atoms with Gasteiger partial charge in [-0.05, 0) is 37.6 Å². The Morgan fingerprint density at radius 2 is 2.07 bits per heavy atom. The number of aromatic nitrogens is 2. The SMILES string of the molecule is CN1CC[C@@](C)(C#Cc2cccc(-c3nc(C(N)=O)n4ccccc34)c2)C1=O. The van der Waals surface area contributed by atoms with Crippen molar-refractivity contribution in [3.8, 4) is 23.1 Å². The third kappa shape index (κ3) is 2.91. The minimum Gasteiger partial charge on any atom is -0.363 e. The number of carbonyl (C=O) groups excluding carboxylic acids is 2. The minimum atomic E-state index is -0.648. The lowest BCUT2D eigenvalue weighted by Crippen LogP contribution is -2.28. The molecule has 140 valence electrons. The molecule has 6 nitrogen and oxygen atoms in total. The van der Waals surface area contributed by atoms with Gasteiger partial charge in [-0.15, -0.1) is 0 Å². The molecule has 2 amide bonds. The molecule has 1 aliphatic heterocycles. The van der Waals surface area contributed by atoms with Gasteiger partial charge in [-0.25, -0.2) is 4.98 Å². The van der Waals surface area contributed by atoms with Crippen molar-refractivity contribution in [2.75, 3.05) is 13.6 Å². The van der Waals surface area contributed by atoms with E-state index in [0.717, 1.165) is 29.6 Å². The van der Waals surface area contributed by atoms with Crippen molar-refractivity contribution in [2.24, 2.45) is 11.1 Å². The molecule has 0 unspecified atom stereocenters. The van der Waals surface area contributed by atoms with E-state index in [1.54, 1.807) is 22.5 Å². The van der Waals surface area contributed by atoms with Crippen molar-refractivity contribution in [3.05, 3.63) is 60.0 Å². The zero-order chi connectivity index (χ0) is 19.9. The average Bonchev–Trinajstić information content (AvgIpc) is 3.21. The first-order chi connectivity index (χ1) is 13.4. The summed E-state index contributed by atoms with van der Waals surface area (Å²) in [6, 6.07) is 13.2. The van der Waals surface area contributed by atoms with Crippen LogP contribution in [0.2, 0.25) is 0 Å². The molecule has 0 saturated carbocycles. The van der Waals surface area contributed by atoms with Crippen molar-refractivity contribution in [3.63, 3.8) is 0 Å². The molecule has 1 saturated heterocycles. The number of nitrogens with two attached hydrogens (primary N) is 1. The van der Waals surface area contributed by atoms with Crippen molar-refractivity contribution >= 4 is 17.3 Å². The van der Waals surface area contributed by atoms with E-state index in [1.807, 2.05) is 49.4 Å². The number of benzene rings is 1. The van der Waals surface area contributed by atoms with E-state index < -0.39 is 11.3 Å². The molecule has 3 heterocycles. The minimum absolute atomic E-state index is 0.0577. The Hall–Kier alpha value is -3.59. The monoisotopic (exact) mass is 372 g/mol. The van der Waals surface area contributed by atoms with Crippen molar-refractivity contribution in [1.82, 2.24) is 14.3 Å². The zero-order valence-corrected chi connectivity index (χ0v) is 15.8. The molecule has 1 fully saturated rings. The van der Waals surface area contributed by atoms with E-state index in [1.165, 1.54) is 0 Å². The maximum Gasteiger partial charge on any atom is 0.285 e. The molecular weight excluding hydrogens is 352 g/mol. The molecular formula is C22H20N4O2. The quantitative estimate of drug-likeness (QED) is 0.701. The summed E-state index contributed by atoms with van der Waals surface area (Å²) in [6.07, 6.45) is 2.49. The van der Waals surface area contributed by atoms with E-state index in [4.69, 9.17) is 5.73 Å². The first-order valence-corrected chi connectivity index (χ1v) is 9.05. The topological polar surface area (TPSA) is 80.7 Å². The first-order valence-electron chi connectivity index (χ1n) is 9.05. The summed E-state index contributed by atoms with van der Waals surface area (Å²) in [5.74, 6) is 5.96. The molecule has 2 N–H and O–H groups in total. The van der Waals surface area contributed by atoms with Crippen LogP contribution in [0.15, 0.2) is 48.7 Å². The third-order valence-electron chi connectivity index (χ3n) is 5.15. The Bertz CT molecular complexity index is 1170. The standard InChI is InChI=1S/C22H20N4O2/c1-22(11-13-25(2)21(22)28)10-9-15-6-5-7-16(14-15)18-17-8-3-4-12-26(17)20(24-18)19(23)27/h3-8,12,14H,11,13H2,1-2H3,(H2,23,27)/t22-/m1/s1. The van der Waals surface area contributed by atoms with E-state index in [0.29, 0.717) is 5.69 Å². The van der Waals surface area contributed by atoms with Gasteiger partial charge in [0, 0.05) is 30.9 Å². The number of fused-ring (bicyclic) bond motifs is 1. The summed E-state index contributed by atoms with van der Waals surface area (Å²) in [5, 5.41) is 0. The van der Waals surface area contributed by atoms with Gasteiger partial charge in [-0.3, -0.25) is 14.0 Å². The molecule has 3 aromatic rings. The number of carbonyl (C=O) groups is 2. The molecule has 6 heteroatoms. The molecule has 1 aromatic carbocycles. The maximum absolute atomic E-state index is 12.3. The number of hydrogen-bond donors (Lipinski definition) is 1. The molecule has 2 aromatic heterocycles. The summed E-state index contributed by atoms with van der Waals surface area (Å²) < 4.78 is 1.68. The van der Waals surface area contributed by atoms with E-state index in [2.05, 4.69) is 16.8 Å². The highest BCUT2D eigenvalue weighted by molar-refractivity contribution is 5.93. The summed E-state index contributed by atoms with van der Waals surface area (Å²) in [4.78, 5) is 30.2. The highest BCUT2D eigenvalue weighted by atomic mass is 16.2. The second-order valence-corrected chi connectivity index (χ2v) is 7.24. The number of nitrogens with zero attached hydrogens (tertiary/aromatic N) is 3. The molecule has 0 radical (unpaired) electrons. The van der Waals surface area contributed by atoms with Crippen molar-refractivity contribution < 1.29 is 9.59 Å². The van der Waals surface area contributed by atoms with Crippen LogP contribution in [0.1, 0.15) is 29.5 Å². The van der Waals surface area contributed by atoms with Gasteiger partial charge in [0.2, 0.25) is 11.7 Å². The number of rotatable bonds is 2. The first kappa shape index (κ1) is 17.8. The summed E-state index contributed by atoms with van der Waals surface area (Å²) in [5.41, 5.74) is 7.92. The van der Waals surface area contributed by atoms with Crippen LogP contribution < -0.4 is 5.73 Å². The van der Waals surface area contributed by atoms with E-state index in [9.17, 15) is 9.59 Å². The van der Waals surface area contributed by atoms with Crippen LogP contribution in [0.5, 0.6) is 0 Å². The molecule has 1 aliphatic rings. The van der Waals surface area contributed by atoms with Gasteiger partial charge in [0.05, 0.1) is 11.2 Å². The van der Waals surface area contributed by atoms with E-state index in [-0.39, 0.29) is 11.7 Å². The Balaban J connectivity index is 1.76. The third-order valence-corrected chi connectivity index (χ3v) is 5.15. The number of imidazole rings is 1. The zero-order valence-electron chi connectivity index (χ0n) is 15.8. The second kappa shape index (κ2) is 6.54.